The lowest BCUT2D eigenvalue weighted by Gasteiger charge is -2.22. The van der Waals surface area contributed by atoms with Gasteiger partial charge in [0.25, 0.3) is 5.91 Å². The molecule has 1 amide bonds. The van der Waals surface area contributed by atoms with Gasteiger partial charge < -0.3 is 4.90 Å². The molecule has 4 rings (SSSR count). The van der Waals surface area contributed by atoms with Crippen LogP contribution >= 0.6 is 0 Å². The summed E-state index contributed by atoms with van der Waals surface area (Å²) in [6.07, 6.45) is 2.30. The van der Waals surface area contributed by atoms with Crippen molar-refractivity contribution in [3.05, 3.63) is 65.6 Å². The highest BCUT2D eigenvalue weighted by molar-refractivity contribution is 6.16. The maximum atomic E-state index is 13.8. The van der Waals surface area contributed by atoms with Gasteiger partial charge in [-0.25, -0.2) is 4.39 Å². The van der Waals surface area contributed by atoms with Gasteiger partial charge in [0.1, 0.15) is 5.82 Å². The summed E-state index contributed by atoms with van der Waals surface area (Å²) in [7, 11) is 0. The number of nitrogens with zero attached hydrogens (tertiary/aromatic N) is 2. The summed E-state index contributed by atoms with van der Waals surface area (Å²) >= 11 is 0. The number of carbonyl (C=O) groups excluding carboxylic acids is 2. The van der Waals surface area contributed by atoms with Crippen LogP contribution in [0.4, 0.5) is 10.1 Å². The highest BCUT2D eigenvalue weighted by Gasteiger charge is 2.33. The van der Waals surface area contributed by atoms with E-state index in [-0.39, 0.29) is 17.9 Å². The number of halogens is 1. The second kappa shape index (κ2) is 5.55. The molecule has 0 saturated heterocycles. The van der Waals surface area contributed by atoms with Gasteiger partial charge in [0.15, 0.2) is 0 Å². The first-order valence-corrected chi connectivity index (χ1v) is 8.20. The standard InChI is InChI=1S/C20H17FN2O2/c1-12-9-14-5-3-4-6-18(14)23(12)20(25)17-11-22(13(2)24)19-8-7-15(21)10-16(17)19/h3-8,10-12H,9H2,1-2H3. The minimum atomic E-state index is -0.433. The van der Waals surface area contributed by atoms with Gasteiger partial charge in [0, 0.05) is 30.2 Å². The lowest BCUT2D eigenvalue weighted by molar-refractivity contribution is 0.0941. The number of amides is 1. The number of para-hydroxylation sites is 1. The molecule has 3 aromatic rings. The Bertz CT molecular complexity index is 1020. The van der Waals surface area contributed by atoms with E-state index in [1.54, 1.807) is 4.90 Å². The molecule has 0 saturated carbocycles. The zero-order valence-electron chi connectivity index (χ0n) is 14.0. The average Bonchev–Trinajstić information content (AvgIpc) is 3.11. The number of aromatic nitrogens is 1. The summed E-state index contributed by atoms with van der Waals surface area (Å²) in [6.45, 7) is 3.41. The third-order valence-corrected chi connectivity index (χ3v) is 4.76. The Morgan fingerprint density at radius 3 is 2.68 bits per heavy atom. The SMILES string of the molecule is CC(=O)n1cc(C(=O)N2c3ccccc3CC2C)c2cc(F)ccc21. The zero-order valence-corrected chi connectivity index (χ0v) is 14.0. The summed E-state index contributed by atoms with van der Waals surface area (Å²) < 4.78 is 15.2. The number of benzene rings is 2. The van der Waals surface area contributed by atoms with Gasteiger partial charge in [-0.3, -0.25) is 14.2 Å². The van der Waals surface area contributed by atoms with Gasteiger partial charge in [-0.15, -0.1) is 0 Å². The van der Waals surface area contributed by atoms with Gasteiger partial charge in [0.2, 0.25) is 5.91 Å². The van der Waals surface area contributed by atoms with Crippen LogP contribution in [0.2, 0.25) is 0 Å². The van der Waals surface area contributed by atoms with E-state index in [0.29, 0.717) is 16.5 Å². The molecule has 0 spiro atoms. The van der Waals surface area contributed by atoms with Crippen LogP contribution in [0.25, 0.3) is 10.9 Å². The first-order valence-electron chi connectivity index (χ1n) is 8.20. The Balaban J connectivity index is 1.89. The molecule has 0 N–H and O–H groups in total. The minimum Gasteiger partial charge on any atom is -0.305 e. The van der Waals surface area contributed by atoms with Crippen LogP contribution in [0.3, 0.4) is 0 Å². The van der Waals surface area contributed by atoms with E-state index in [1.165, 1.54) is 35.9 Å². The smallest absolute Gasteiger partial charge is 0.260 e. The highest BCUT2D eigenvalue weighted by Crippen LogP contribution is 2.34. The molecule has 2 aromatic carbocycles. The number of hydrogen-bond donors (Lipinski definition) is 0. The van der Waals surface area contributed by atoms with Crippen LogP contribution in [0.15, 0.2) is 48.7 Å². The van der Waals surface area contributed by atoms with E-state index in [0.717, 1.165) is 17.7 Å². The molecule has 4 nitrogen and oxygen atoms in total. The van der Waals surface area contributed by atoms with Crippen LogP contribution in [0.5, 0.6) is 0 Å². The Morgan fingerprint density at radius 2 is 1.92 bits per heavy atom. The molecule has 5 heteroatoms. The quantitative estimate of drug-likeness (QED) is 0.673. The summed E-state index contributed by atoms with van der Waals surface area (Å²) in [5.41, 5.74) is 2.87. The number of hydrogen-bond acceptors (Lipinski definition) is 2. The maximum absolute atomic E-state index is 13.8. The number of carbonyl (C=O) groups is 2. The van der Waals surface area contributed by atoms with Gasteiger partial charge in [0.05, 0.1) is 11.1 Å². The molecule has 1 unspecified atom stereocenters. The monoisotopic (exact) mass is 336 g/mol. The van der Waals surface area contributed by atoms with Crippen LogP contribution in [-0.4, -0.2) is 22.4 Å². The fraction of sp³-hybridized carbons (Fsp3) is 0.200. The molecular weight excluding hydrogens is 319 g/mol. The second-order valence-corrected chi connectivity index (χ2v) is 6.45. The van der Waals surface area contributed by atoms with Gasteiger partial charge in [-0.1, -0.05) is 18.2 Å². The highest BCUT2D eigenvalue weighted by atomic mass is 19.1. The largest absolute Gasteiger partial charge is 0.305 e. The summed E-state index contributed by atoms with van der Waals surface area (Å²) in [5, 5.41) is 0.455. The Morgan fingerprint density at radius 1 is 1.16 bits per heavy atom. The summed E-state index contributed by atoms with van der Waals surface area (Å²) in [6, 6.07) is 11.9. The topological polar surface area (TPSA) is 42.3 Å². The summed E-state index contributed by atoms with van der Waals surface area (Å²) in [5.74, 6) is -0.865. The number of rotatable bonds is 1. The third kappa shape index (κ3) is 2.35. The number of fused-ring (bicyclic) bond motifs is 2. The van der Waals surface area contributed by atoms with Crippen molar-refractivity contribution in [2.45, 2.75) is 26.3 Å². The Labute approximate surface area is 144 Å². The van der Waals surface area contributed by atoms with Gasteiger partial charge >= 0.3 is 0 Å². The van der Waals surface area contributed by atoms with E-state index < -0.39 is 5.82 Å². The van der Waals surface area contributed by atoms with Crippen molar-refractivity contribution >= 4 is 28.4 Å². The fourth-order valence-corrected chi connectivity index (χ4v) is 3.64. The molecular formula is C20H17FN2O2. The first-order chi connectivity index (χ1) is 12.0. The van der Waals surface area contributed by atoms with Crippen molar-refractivity contribution in [3.63, 3.8) is 0 Å². The Kier molecular flexibility index (Phi) is 3.46. The molecule has 0 radical (unpaired) electrons. The van der Waals surface area contributed by atoms with Crippen molar-refractivity contribution in [1.29, 1.82) is 0 Å². The van der Waals surface area contributed by atoms with Gasteiger partial charge in [-0.2, -0.15) is 0 Å². The lowest BCUT2D eigenvalue weighted by Crippen LogP contribution is -2.35. The van der Waals surface area contributed by atoms with Crippen LogP contribution in [0.1, 0.15) is 34.6 Å². The van der Waals surface area contributed by atoms with Crippen LogP contribution in [0, 0.1) is 5.82 Å². The molecule has 1 aromatic heterocycles. The maximum Gasteiger partial charge on any atom is 0.260 e. The van der Waals surface area contributed by atoms with Crippen LogP contribution < -0.4 is 4.90 Å². The number of anilines is 1. The Hall–Kier alpha value is -2.95. The van der Waals surface area contributed by atoms with Crippen LogP contribution in [-0.2, 0) is 6.42 Å². The van der Waals surface area contributed by atoms with Crippen molar-refractivity contribution < 1.29 is 14.0 Å². The molecule has 25 heavy (non-hydrogen) atoms. The molecule has 126 valence electrons. The molecule has 1 atom stereocenters. The molecule has 2 heterocycles. The normalized spacial score (nSPS) is 16.3. The van der Waals surface area contributed by atoms with E-state index in [9.17, 15) is 14.0 Å². The van der Waals surface area contributed by atoms with Crippen molar-refractivity contribution in [2.24, 2.45) is 0 Å². The predicted molar refractivity (Wildman–Crippen MR) is 94.6 cm³/mol. The molecule has 1 aliphatic rings. The zero-order chi connectivity index (χ0) is 17.7. The van der Waals surface area contributed by atoms with E-state index in [4.69, 9.17) is 0 Å². The second-order valence-electron chi connectivity index (χ2n) is 6.45. The fourth-order valence-electron chi connectivity index (χ4n) is 3.64. The van der Waals surface area contributed by atoms with E-state index in [1.807, 2.05) is 31.2 Å². The molecule has 1 aliphatic heterocycles. The average molecular weight is 336 g/mol. The molecule has 0 bridgehead atoms. The van der Waals surface area contributed by atoms with Crippen molar-refractivity contribution in [1.82, 2.24) is 4.57 Å². The van der Waals surface area contributed by atoms with Crippen molar-refractivity contribution in [3.8, 4) is 0 Å². The lowest BCUT2D eigenvalue weighted by atomic mass is 10.1. The predicted octanol–water partition coefficient (Wildman–Crippen LogP) is 4.03. The first kappa shape index (κ1) is 15.6. The third-order valence-electron chi connectivity index (χ3n) is 4.76. The van der Waals surface area contributed by atoms with Crippen molar-refractivity contribution in [2.75, 3.05) is 4.90 Å². The minimum absolute atomic E-state index is 0.00851. The van der Waals surface area contributed by atoms with E-state index >= 15 is 0 Å². The summed E-state index contributed by atoms with van der Waals surface area (Å²) in [4.78, 5) is 26.9. The molecule has 0 aliphatic carbocycles. The molecule has 0 fully saturated rings. The van der Waals surface area contributed by atoms with Gasteiger partial charge in [-0.05, 0) is 43.2 Å². The van der Waals surface area contributed by atoms with E-state index in [2.05, 4.69) is 0 Å².